The van der Waals surface area contributed by atoms with Crippen molar-refractivity contribution in [1.29, 1.82) is 0 Å². The summed E-state index contributed by atoms with van der Waals surface area (Å²) < 4.78 is 51.8. The molecule has 2 fully saturated rings. The van der Waals surface area contributed by atoms with Gasteiger partial charge in [0, 0.05) is 70.5 Å². The van der Waals surface area contributed by atoms with Gasteiger partial charge in [-0.3, -0.25) is 9.69 Å². The number of alkyl halides is 3. The Morgan fingerprint density at radius 3 is 2.47 bits per heavy atom. The van der Waals surface area contributed by atoms with Crippen LogP contribution in [0.1, 0.15) is 51.0 Å². The Morgan fingerprint density at radius 2 is 1.91 bits per heavy atom. The number of rotatable bonds is 5. The second-order valence-corrected chi connectivity index (χ2v) is 9.23. The number of carbonyl (C=O) groups is 2. The van der Waals surface area contributed by atoms with Crippen LogP contribution in [0, 0.1) is 0 Å². The van der Waals surface area contributed by atoms with Crippen molar-refractivity contribution < 1.29 is 32.2 Å². The molecule has 1 amide bonds. The highest BCUT2D eigenvalue weighted by molar-refractivity contribution is 6.07. The van der Waals surface area contributed by atoms with Crippen LogP contribution in [0.25, 0.3) is 0 Å². The number of amides is 1. The van der Waals surface area contributed by atoms with Gasteiger partial charge < -0.3 is 18.9 Å². The number of hydrogen-bond acceptors (Lipinski definition) is 6. The molecule has 0 aliphatic carbocycles. The van der Waals surface area contributed by atoms with E-state index < -0.39 is 23.4 Å². The Balaban J connectivity index is 1.53. The summed E-state index contributed by atoms with van der Waals surface area (Å²) in [7, 11) is 1.47. The summed E-state index contributed by atoms with van der Waals surface area (Å²) in [5, 5.41) is 0. The van der Waals surface area contributed by atoms with Crippen molar-refractivity contribution in [2.45, 2.75) is 63.9 Å². The van der Waals surface area contributed by atoms with Crippen molar-refractivity contribution in [3.05, 3.63) is 28.9 Å². The topological polar surface area (TPSA) is 76.9 Å². The van der Waals surface area contributed by atoms with Gasteiger partial charge in [-0.15, -0.1) is 0 Å². The van der Waals surface area contributed by atoms with Gasteiger partial charge in [0.15, 0.2) is 5.69 Å². The van der Waals surface area contributed by atoms with Gasteiger partial charge in [-0.2, -0.15) is 13.2 Å². The Labute approximate surface area is 196 Å². The molecule has 0 saturated carbocycles. The molecule has 0 radical (unpaired) electrons. The van der Waals surface area contributed by atoms with Crippen molar-refractivity contribution in [3.63, 3.8) is 0 Å². The number of esters is 1. The van der Waals surface area contributed by atoms with E-state index in [0.717, 1.165) is 32.3 Å². The molecule has 188 valence electrons. The first-order valence-electron chi connectivity index (χ1n) is 11.7. The lowest BCUT2D eigenvalue weighted by Crippen LogP contribution is -2.52. The molecule has 0 atom stereocenters. The lowest BCUT2D eigenvalue weighted by atomic mass is 9.81. The van der Waals surface area contributed by atoms with Gasteiger partial charge in [0.05, 0.1) is 12.1 Å². The molecule has 8 nitrogen and oxygen atoms in total. The number of halogens is 3. The molecule has 3 aliphatic rings. The molecule has 0 aromatic carbocycles. The minimum atomic E-state index is -4.57. The average Bonchev–Trinajstić information content (AvgIpc) is 3.29. The first kappa shape index (κ1) is 24.7. The maximum absolute atomic E-state index is 13.7. The van der Waals surface area contributed by atoms with Crippen LogP contribution in [0.5, 0.6) is 0 Å². The maximum Gasteiger partial charge on any atom is 0.434 e. The lowest BCUT2D eigenvalue weighted by Gasteiger charge is -2.43. The Hall–Kier alpha value is -2.40. The van der Waals surface area contributed by atoms with E-state index in [2.05, 4.69) is 9.88 Å². The number of imidazole rings is 1. The van der Waals surface area contributed by atoms with Crippen molar-refractivity contribution in [1.82, 2.24) is 19.4 Å². The summed E-state index contributed by atoms with van der Waals surface area (Å²) in [5.74, 6) is -0.772. The van der Waals surface area contributed by atoms with E-state index >= 15 is 0 Å². The highest BCUT2D eigenvalue weighted by Crippen LogP contribution is 2.42. The molecule has 2 saturated heterocycles. The number of aryl methyl sites for hydroxylation is 1. The van der Waals surface area contributed by atoms with Gasteiger partial charge in [-0.1, -0.05) is 0 Å². The smallest absolute Gasteiger partial charge is 0.434 e. The van der Waals surface area contributed by atoms with Crippen LogP contribution in [0.4, 0.5) is 13.2 Å². The highest BCUT2D eigenvalue weighted by Gasteiger charge is 2.52. The van der Waals surface area contributed by atoms with Crippen molar-refractivity contribution in [3.8, 4) is 0 Å². The average molecular weight is 485 g/mol. The van der Waals surface area contributed by atoms with E-state index in [1.165, 1.54) is 16.5 Å². The zero-order valence-corrected chi connectivity index (χ0v) is 19.8. The van der Waals surface area contributed by atoms with Gasteiger partial charge in [0.25, 0.3) is 5.91 Å². The van der Waals surface area contributed by atoms with E-state index in [4.69, 9.17) is 9.47 Å². The fourth-order valence-electron chi connectivity index (χ4n) is 5.20. The highest BCUT2D eigenvalue weighted by atomic mass is 19.4. The molecule has 3 aliphatic heterocycles. The molecule has 1 spiro atoms. The molecular weight excluding hydrogens is 453 g/mol. The van der Waals surface area contributed by atoms with Crippen LogP contribution in [-0.4, -0.2) is 75.7 Å². The summed E-state index contributed by atoms with van der Waals surface area (Å²) >= 11 is 0. The zero-order valence-electron chi connectivity index (χ0n) is 19.8. The largest absolute Gasteiger partial charge is 0.450 e. The summed E-state index contributed by atoms with van der Waals surface area (Å²) in [6.07, 6.45) is -0.723. The third-order valence-electron chi connectivity index (χ3n) is 7.22. The Morgan fingerprint density at radius 1 is 1.26 bits per heavy atom. The second-order valence-electron chi connectivity index (χ2n) is 9.23. The summed E-state index contributed by atoms with van der Waals surface area (Å²) in [4.78, 5) is 33.7. The standard InChI is InChI=1S/C23H31F3N4O4/c1-4-29(14-18-27-17(13-28(18)3)23(24,25)26)20(31)19-15(2)21(32)34-22(19)7-9-30(10-8-22)16-5-11-33-12-6-16/h13,16H,4-12,14H2,1-3H3. The zero-order chi connectivity index (χ0) is 24.7. The van der Waals surface area contributed by atoms with E-state index in [1.807, 2.05) is 0 Å². The molecule has 0 unspecified atom stereocenters. The number of hydrogen-bond donors (Lipinski definition) is 0. The van der Waals surface area contributed by atoms with Gasteiger partial charge >= 0.3 is 12.1 Å². The summed E-state index contributed by atoms with van der Waals surface area (Å²) in [5.41, 5.74) is -1.39. The monoisotopic (exact) mass is 484 g/mol. The fraction of sp³-hybridized carbons (Fsp3) is 0.696. The molecule has 0 N–H and O–H groups in total. The number of likely N-dealkylation sites (N-methyl/N-ethyl adjacent to an activating group) is 1. The fourth-order valence-corrected chi connectivity index (χ4v) is 5.20. The van der Waals surface area contributed by atoms with Crippen molar-refractivity contribution in [2.24, 2.45) is 7.05 Å². The maximum atomic E-state index is 13.7. The third-order valence-corrected chi connectivity index (χ3v) is 7.22. The predicted octanol–water partition coefficient (Wildman–Crippen LogP) is 2.67. The van der Waals surface area contributed by atoms with Crippen LogP contribution >= 0.6 is 0 Å². The molecule has 1 aromatic heterocycles. The molecule has 1 aromatic rings. The first-order chi connectivity index (χ1) is 16.1. The summed E-state index contributed by atoms with van der Waals surface area (Å²) in [6.45, 7) is 6.35. The van der Waals surface area contributed by atoms with Crippen molar-refractivity contribution in [2.75, 3.05) is 32.8 Å². The second kappa shape index (κ2) is 9.33. The minimum Gasteiger partial charge on any atom is -0.450 e. The van der Waals surface area contributed by atoms with Crippen molar-refractivity contribution >= 4 is 11.9 Å². The molecule has 4 rings (SSSR count). The van der Waals surface area contributed by atoms with E-state index in [9.17, 15) is 22.8 Å². The van der Waals surface area contributed by atoms with Gasteiger partial charge in [0.2, 0.25) is 0 Å². The number of piperidine rings is 1. The number of aromatic nitrogens is 2. The van der Waals surface area contributed by atoms with Gasteiger partial charge in [-0.05, 0) is 26.7 Å². The predicted molar refractivity (Wildman–Crippen MR) is 115 cm³/mol. The lowest BCUT2D eigenvalue weighted by molar-refractivity contribution is -0.152. The molecule has 4 heterocycles. The van der Waals surface area contributed by atoms with E-state index in [1.54, 1.807) is 13.8 Å². The van der Waals surface area contributed by atoms with Crippen LogP contribution in [0.3, 0.4) is 0 Å². The normalized spacial score (nSPS) is 21.9. The molecule has 0 bridgehead atoms. The van der Waals surface area contributed by atoms with Gasteiger partial charge in [-0.25, -0.2) is 9.78 Å². The van der Waals surface area contributed by atoms with Gasteiger partial charge in [0.1, 0.15) is 11.4 Å². The molecule has 11 heteroatoms. The first-order valence-corrected chi connectivity index (χ1v) is 11.7. The third kappa shape index (κ3) is 4.59. The van der Waals surface area contributed by atoms with Crippen LogP contribution in [0.2, 0.25) is 0 Å². The van der Waals surface area contributed by atoms with Crippen LogP contribution in [0.15, 0.2) is 17.3 Å². The number of likely N-dealkylation sites (tertiary alicyclic amines) is 1. The quantitative estimate of drug-likeness (QED) is 0.599. The number of nitrogens with zero attached hydrogens (tertiary/aromatic N) is 4. The Kier molecular flexibility index (Phi) is 6.78. The summed E-state index contributed by atoms with van der Waals surface area (Å²) in [6, 6.07) is 0.422. The van der Waals surface area contributed by atoms with E-state index in [0.29, 0.717) is 37.5 Å². The van der Waals surface area contributed by atoms with Crippen LogP contribution in [-0.2, 0) is 38.8 Å². The molecule has 34 heavy (non-hydrogen) atoms. The van der Waals surface area contributed by atoms with Crippen LogP contribution < -0.4 is 0 Å². The van der Waals surface area contributed by atoms with E-state index in [-0.39, 0.29) is 30.4 Å². The SMILES string of the molecule is CCN(Cc1nc(C(F)(F)F)cn1C)C(=O)C1=C(C)C(=O)OC12CCN(C1CCOCC1)CC2. The Bertz CT molecular complexity index is 973. The number of carbonyl (C=O) groups excluding carboxylic acids is 2. The number of ether oxygens (including phenoxy) is 2. The molecular formula is C23H31F3N4O4. The minimum absolute atomic E-state index is 0.100.